The molecule has 1 saturated heterocycles. The molecule has 0 aromatic rings. The zero-order valence-corrected chi connectivity index (χ0v) is 14.1. The molecule has 0 spiro atoms. The SMILES string of the molecule is CSC1CCC(NC(=O)C2CCC3CCCCC3N2)CC1. The molecule has 0 aromatic heterocycles. The lowest BCUT2D eigenvalue weighted by molar-refractivity contribution is -0.125. The molecule has 2 saturated carbocycles. The number of hydrogen-bond acceptors (Lipinski definition) is 3. The molecule has 0 radical (unpaired) electrons. The van der Waals surface area contributed by atoms with E-state index in [1.165, 1.54) is 44.9 Å². The van der Waals surface area contributed by atoms with Gasteiger partial charge in [-0.05, 0) is 63.5 Å². The predicted octanol–water partition coefficient (Wildman–Crippen LogP) is 3.09. The van der Waals surface area contributed by atoms with Crippen LogP contribution in [-0.2, 0) is 4.79 Å². The Morgan fingerprint density at radius 3 is 2.52 bits per heavy atom. The third-order valence-corrected chi connectivity index (χ3v) is 6.96. The third kappa shape index (κ3) is 3.95. The molecule has 1 heterocycles. The zero-order valence-electron chi connectivity index (χ0n) is 13.3. The molecule has 3 fully saturated rings. The second-order valence-corrected chi connectivity index (χ2v) is 8.30. The maximum absolute atomic E-state index is 12.5. The summed E-state index contributed by atoms with van der Waals surface area (Å²) in [5.41, 5.74) is 0. The summed E-state index contributed by atoms with van der Waals surface area (Å²) in [6, 6.07) is 1.10. The van der Waals surface area contributed by atoms with E-state index in [-0.39, 0.29) is 11.9 Å². The van der Waals surface area contributed by atoms with Gasteiger partial charge in [-0.2, -0.15) is 11.8 Å². The summed E-state index contributed by atoms with van der Waals surface area (Å²) in [5, 5.41) is 7.78. The molecule has 2 aliphatic carbocycles. The van der Waals surface area contributed by atoms with Crippen LogP contribution in [0.3, 0.4) is 0 Å². The fraction of sp³-hybridized carbons (Fsp3) is 0.941. The van der Waals surface area contributed by atoms with Crippen LogP contribution in [0.4, 0.5) is 0 Å². The summed E-state index contributed by atoms with van der Waals surface area (Å²) in [6.07, 6.45) is 14.7. The van der Waals surface area contributed by atoms with Gasteiger partial charge in [0.1, 0.15) is 0 Å². The van der Waals surface area contributed by atoms with E-state index in [4.69, 9.17) is 0 Å². The Morgan fingerprint density at radius 2 is 1.76 bits per heavy atom. The molecule has 3 rings (SSSR count). The lowest BCUT2D eigenvalue weighted by atomic mass is 9.77. The average molecular weight is 311 g/mol. The Labute approximate surface area is 133 Å². The first-order chi connectivity index (χ1) is 10.3. The van der Waals surface area contributed by atoms with Crippen molar-refractivity contribution in [2.24, 2.45) is 5.92 Å². The van der Waals surface area contributed by atoms with Crippen LogP contribution in [-0.4, -0.2) is 35.5 Å². The number of rotatable bonds is 3. The second-order valence-electron chi connectivity index (χ2n) is 7.17. The number of carbonyl (C=O) groups is 1. The molecule has 2 N–H and O–H groups in total. The minimum atomic E-state index is 0.0719. The fourth-order valence-electron chi connectivity index (χ4n) is 4.45. The quantitative estimate of drug-likeness (QED) is 0.841. The number of hydrogen-bond donors (Lipinski definition) is 2. The Kier molecular flexibility index (Phi) is 5.49. The van der Waals surface area contributed by atoms with Crippen molar-refractivity contribution < 1.29 is 4.79 Å². The van der Waals surface area contributed by atoms with Gasteiger partial charge in [-0.3, -0.25) is 4.79 Å². The number of carbonyl (C=O) groups excluding carboxylic acids is 1. The van der Waals surface area contributed by atoms with Crippen LogP contribution in [0.2, 0.25) is 0 Å². The molecule has 21 heavy (non-hydrogen) atoms. The number of piperidine rings is 1. The third-order valence-electron chi connectivity index (χ3n) is 5.82. The van der Waals surface area contributed by atoms with Crippen LogP contribution in [0.25, 0.3) is 0 Å². The highest BCUT2D eigenvalue weighted by Gasteiger charge is 2.35. The first-order valence-electron chi connectivity index (χ1n) is 8.85. The monoisotopic (exact) mass is 310 g/mol. The summed E-state index contributed by atoms with van der Waals surface area (Å²) >= 11 is 1.98. The summed E-state index contributed by atoms with van der Waals surface area (Å²) in [5.74, 6) is 1.10. The molecule has 4 heteroatoms. The summed E-state index contributed by atoms with van der Waals surface area (Å²) in [4.78, 5) is 12.5. The Bertz CT molecular complexity index is 355. The van der Waals surface area contributed by atoms with Crippen LogP contribution < -0.4 is 10.6 Å². The number of thioether (sulfide) groups is 1. The molecule has 0 aromatic carbocycles. The van der Waals surface area contributed by atoms with Crippen molar-refractivity contribution in [3.05, 3.63) is 0 Å². The first kappa shape index (κ1) is 15.7. The predicted molar refractivity (Wildman–Crippen MR) is 89.6 cm³/mol. The standard InChI is InChI=1S/C17H30N2OS/c1-21-14-9-7-13(8-10-14)18-17(20)16-11-6-12-4-2-3-5-15(12)19-16/h12-16,19H,2-11H2,1H3,(H,18,20). The van der Waals surface area contributed by atoms with E-state index >= 15 is 0 Å². The van der Waals surface area contributed by atoms with Gasteiger partial charge in [0.15, 0.2) is 0 Å². The molecule has 3 aliphatic rings. The van der Waals surface area contributed by atoms with Crippen molar-refractivity contribution in [3.8, 4) is 0 Å². The Hall–Kier alpha value is -0.220. The molecule has 1 aliphatic heterocycles. The van der Waals surface area contributed by atoms with E-state index in [1.807, 2.05) is 11.8 Å². The normalized spacial score (nSPS) is 40.3. The molecular weight excluding hydrogens is 280 g/mol. The van der Waals surface area contributed by atoms with E-state index in [2.05, 4.69) is 16.9 Å². The van der Waals surface area contributed by atoms with Crippen LogP contribution in [0.15, 0.2) is 0 Å². The number of amides is 1. The molecular formula is C17H30N2OS. The van der Waals surface area contributed by atoms with E-state index in [0.29, 0.717) is 12.1 Å². The van der Waals surface area contributed by atoms with Crippen molar-refractivity contribution in [2.45, 2.75) is 87.6 Å². The highest BCUT2D eigenvalue weighted by Crippen LogP contribution is 2.32. The van der Waals surface area contributed by atoms with Gasteiger partial charge in [-0.15, -0.1) is 0 Å². The van der Waals surface area contributed by atoms with Gasteiger partial charge in [0, 0.05) is 17.3 Å². The minimum Gasteiger partial charge on any atom is -0.352 e. The van der Waals surface area contributed by atoms with Crippen LogP contribution in [0.5, 0.6) is 0 Å². The van der Waals surface area contributed by atoms with Crippen molar-refractivity contribution in [1.82, 2.24) is 10.6 Å². The van der Waals surface area contributed by atoms with Crippen molar-refractivity contribution in [3.63, 3.8) is 0 Å². The summed E-state index contributed by atoms with van der Waals surface area (Å²) in [7, 11) is 0. The smallest absolute Gasteiger partial charge is 0.237 e. The fourth-order valence-corrected chi connectivity index (χ4v) is 5.19. The summed E-state index contributed by atoms with van der Waals surface area (Å²) < 4.78 is 0. The minimum absolute atomic E-state index is 0.0719. The van der Waals surface area contributed by atoms with Crippen LogP contribution in [0, 0.1) is 5.92 Å². The topological polar surface area (TPSA) is 41.1 Å². The van der Waals surface area contributed by atoms with Gasteiger partial charge in [0.05, 0.1) is 6.04 Å². The molecule has 3 atom stereocenters. The van der Waals surface area contributed by atoms with E-state index < -0.39 is 0 Å². The van der Waals surface area contributed by atoms with Crippen LogP contribution >= 0.6 is 11.8 Å². The van der Waals surface area contributed by atoms with Gasteiger partial charge in [0.2, 0.25) is 5.91 Å². The maximum atomic E-state index is 12.5. The van der Waals surface area contributed by atoms with Crippen molar-refractivity contribution >= 4 is 17.7 Å². The highest BCUT2D eigenvalue weighted by atomic mass is 32.2. The van der Waals surface area contributed by atoms with E-state index in [9.17, 15) is 4.79 Å². The number of fused-ring (bicyclic) bond motifs is 1. The average Bonchev–Trinajstić information content (AvgIpc) is 2.55. The Balaban J connectivity index is 1.45. The van der Waals surface area contributed by atoms with Crippen molar-refractivity contribution in [2.75, 3.05) is 6.26 Å². The largest absolute Gasteiger partial charge is 0.352 e. The molecule has 1 amide bonds. The van der Waals surface area contributed by atoms with Crippen molar-refractivity contribution in [1.29, 1.82) is 0 Å². The molecule has 120 valence electrons. The van der Waals surface area contributed by atoms with Gasteiger partial charge < -0.3 is 10.6 Å². The van der Waals surface area contributed by atoms with Gasteiger partial charge in [0.25, 0.3) is 0 Å². The lowest BCUT2D eigenvalue weighted by Gasteiger charge is -2.40. The van der Waals surface area contributed by atoms with E-state index in [0.717, 1.165) is 30.4 Å². The lowest BCUT2D eigenvalue weighted by Crippen LogP contribution is -2.56. The second kappa shape index (κ2) is 7.36. The molecule has 3 nitrogen and oxygen atoms in total. The van der Waals surface area contributed by atoms with Gasteiger partial charge in [-0.1, -0.05) is 12.8 Å². The number of nitrogens with one attached hydrogen (secondary N) is 2. The summed E-state index contributed by atoms with van der Waals surface area (Å²) in [6.45, 7) is 0. The van der Waals surface area contributed by atoms with Gasteiger partial charge >= 0.3 is 0 Å². The first-order valence-corrected chi connectivity index (χ1v) is 10.1. The Morgan fingerprint density at radius 1 is 1.00 bits per heavy atom. The maximum Gasteiger partial charge on any atom is 0.237 e. The molecule has 0 bridgehead atoms. The zero-order chi connectivity index (χ0) is 14.7. The molecule has 3 unspecified atom stereocenters. The van der Waals surface area contributed by atoms with Gasteiger partial charge in [-0.25, -0.2) is 0 Å². The van der Waals surface area contributed by atoms with E-state index in [1.54, 1.807) is 0 Å². The highest BCUT2D eigenvalue weighted by molar-refractivity contribution is 7.99. The van der Waals surface area contributed by atoms with Crippen LogP contribution in [0.1, 0.15) is 64.2 Å².